The second-order valence-electron chi connectivity index (χ2n) is 11.1. The summed E-state index contributed by atoms with van der Waals surface area (Å²) in [5.74, 6) is -3.07. The quantitative estimate of drug-likeness (QED) is 0.489. The summed E-state index contributed by atoms with van der Waals surface area (Å²) < 4.78 is 11.3. The van der Waals surface area contributed by atoms with Gasteiger partial charge in [-0.05, 0) is 64.8 Å². The lowest BCUT2D eigenvalue weighted by molar-refractivity contribution is -0.134. The number of carbonyl (C=O) groups is 4. The lowest BCUT2D eigenvalue weighted by Gasteiger charge is -2.35. The minimum Gasteiger partial charge on any atom is -0.465 e. The first-order chi connectivity index (χ1) is 16.4. The fraction of sp³-hybridized carbons (Fsp3) is 0.538. The summed E-state index contributed by atoms with van der Waals surface area (Å²) in [7, 11) is 1.29. The molecule has 1 spiro atoms. The summed E-state index contributed by atoms with van der Waals surface area (Å²) in [6.07, 6.45) is 5.44. The number of ether oxygens (including phenoxy) is 2. The summed E-state index contributed by atoms with van der Waals surface area (Å²) in [4.78, 5) is 54.4. The molecule has 3 amide bonds. The second kappa shape index (κ2) is 7.65. The van der Waals surface area contributed by atoms with E-state index in [9.17, 15) is 19.2 Å². The van der Waals surface area contributed by atoms with E-state index in [0.29, 0.717) is 11.3 Å². The fourth-order valence-corrected chi connectivity index (χ4v) is 5.64. The zero-order chi connectivity index (χ0) is 25.3. The van der Waals surface area contributed by atoms with Crippen LogP contribution >= 0.6 is 0 Å². The van der Waals surface area contributed by atoms with Crippen molar-refractivity contribution in [1.82, 2.24) is 10.6 Å². The highest BCUT2D eigenvalue weighted by Crippen LogP contribution is 2.60. The lowest BCUT2D eigenvalue weighted by atomic mass is 9.70. The van der Waals surface area contributed by atoms with Crippen molar-refractivity contribution in [2.45, 2.75) is 69.4 Å². The zero-order valence-corrected chi connectivity index (χ0v) is 20.6. The van der Waals surface area contributed by atoms with Gasteiger partial charge in [-0.1, -0.05) is 12.2 Å². The summed E-state index contributed by atoms with van der Waals surface area (Å²) in [6, 6.07) is 5.41. The molecule has 1 aromatic carbocycles. The number of nitrogens with zero attached hydrogens (tertiary/aromatic N) is 1. The highest BCUT2D eigenvalue weighted by Gasteiger charge is 2.76. The van der Waals surface area contributed by atoms with Gasteiger partial charge in [0.2, 0.25) is 17.7 Å². The average molecular weight is 482 g/mol. The molecule has 2 bridgehead atoms. The molecule has 2 N–H and O–H groups in total. The predicted molar refractivity (Wildman–Crippen MR) is 126 cm³/mol. The van der Waals surface area contributed by atoms with Crippen LogP contribution in [0.4, 0.5) is 5.69 Å². The van der Waals surface area contributed by atoms with Gasteiger partial charge >= 0.3 is 5.97 Å². The first kappa shape index (κ1) is 23.5. The first-order valence-electron chi connectivity index (χ1n) is 11.9. The van der Waals surface area contributed by atoms with Gasteiger partial charge in [0, 0.05) is 17.3 Å². The molecule has 0 unspecified atom stereocenters. The van der Waals surface area contributed by atoms with Crippen LogP contribution in [-0.2, 0) is 23.9 Å². The van der Waals surface area contributed by atoms with Crippen molar-refractivity contribution in [3.63, 3.8) is 0 Å². The van der Waals surface area contributed by atoms with Gasteiger partial charge < -0.3 is 20.1 Å². The second-order valence-corrected chi connectivity index (χ2v) is 11.1. The number of carbonyl (C=O) groups excluding carboxylic acids is 4. The Morgan fingerprint density at radius 3 is 2.31 bits per heavy atom. The van der Waals surface area contributed by atoms with E-state index in [4.69, 9.17) is 9.47 Å². The molecule has 1 saturated carbocycles. The molecule has 9 nitrogen and oxygen atoms in total. The smallest absolute Gasteiger partial charge is 0.337 e. The molecule has 5 rings (SSSR count). The molecule has 3 heterocycles. The van der Waals surface area contributed by atoms with Crippen LogP contribution in [0.15, 0.2) is 36.4 Å². The van der Waals surface area contributed by atoms with Crippen LogP contribution in [0, 0.1) is 11.8 Å². The zero-order valence-electron chi connectivity index (χ0n) is 20.6. The Bertz CT molecular complexity index is 1130. The van der Waals surface area contributed by atoms with Crippen molar-refractivity contribution in [2.75, 3.05) is 12.0 Å². The maximum absolute atomic E-state index is 14.0. The Morgan fingerprint density at radius 2 is 1.74 bits per heavy atom. The highest BCUT2D eigenvalue weighted by molar-refractivity contribution is 6.10. The molecule has 4 aliphatic rings. The third-order valence-corrected chi connectivity index (χ3v) is 7.22. The normalized spacial score (nSPS) is 33.0. The van der Waals surface area contributed by atoms with E-state index in [1.54, 1.807) is 37.3 Å². The number of esters is 1. The molecule has 5 atom stereocenters. The van der Waals surface area contributed by atoms with Crippen LogP contribution in [0.25, 0.3) is 0 Å². The molecule has 1 aromatic rings. The third kappa shape index (κ3) is 3.64. The molecule has 9 heteroatoms. The largest absolute Gasteiger partial charge is 0.465 e. The minimum atomic E-state index is -1.28. The van der Waals surface area contributed by atoms with Crippen LogP contribution in [-0.4, -0.2) is 59.6 Å². The van der Waals surface area contributed by atoms with E-state index in [1.807, 2.05) is 26.8 Å². The minimum absolute atomic E-state index is 0.128. The van der Waals surface area contributed by atoms with Crippen molar-refractivity contribution in [3.8, 4) is 0 Å². The topological polar surface area (TPSA) is 114 Å². The summed E-state index contributed by atoms with van der Waals surface area (Å²) >= 11 is 0. The Morgan fingerprint density at radius 1 is 1.09 bits per heavy atom. The van der Waals surface area contributed by atoms with Gasteiger partial charge in [0.15, 0.2) is 0 Å². The van der Waals surface area contributed by atoms with Gasteiger partial charge in [-0.15, -0.1) is 0 Å². The van der Waals surface area contributed by atoms with Crippen molar-refractivity contribution in [1.29, 1.82) is 0 Å². The molecule has 0 aromatic heterocycles. The summed E-state index contributed by atoms with van der Waals surface area (Å²) in [6.45, 7) is 7.39. The van der Waals surface area contributed by atoms with Gasteiger partial charge in [0.1, 0.15) is 11.6 Å². The van der Waals surface area contributed by atoms with E-state index in [-0.39, 0.29) is 23.8 Å². The lowest BCUT2D eigenvalue weighted by Crippen LogP contribution is -2.58. The number of rotatable bonds is 5. The SMILES string of the molecule is COC(=O)c1ccc(N2C(=O)[C@@H]3[C@@H](C(=O)NC4CC4)[C@@]4(C)C=C[C@@]3(O4)[C@@H]2C(=O)NC(C)(C)C)cc1. The van der Waals surface area contributed by atoms with Crippen LogP contribution in [0.1, 0.15) is 50.9 Å². The number of benzene rings is 1. The highest BCUT2D eigenvalue weighted by atomic mass is 16.5. The molecule has 3 fully saturated rings. The average Bonchev–Trinajstić information content (AvgIpc) is 3.40. The number of amides is 3. The summed E-state index contributed by atoms with van der Waals surface area (Å²) in [5.41, 5.74) is -2.06. The number of methoxy groups -OCH3 is 1. The van der Waals surface area contributed by atoms with Crippen LogP contribution < -0.4 is 15.5 Å². The Balaban J connectivity index is 1.58. The van der Waals surface area contributed by atoms with E-state index in [2.05, 4.69) is 10.6 Å². The molecule has 1 aliphatic carbocycles. The first-order valence-corrected chi connectivity index (χ1v) is 11.9. The van der Waals surface area contributed by atoms with E-state index in [0.717, 1.165) is 12.8 Å². The number of hydrogen-bond acceptors (Lipinski definition) is 6. The predicted octanol–water partition coefficient (Wildman–Crippen LogP) is 1.71. The molecular formula is C26H31N3O6. The van der Waals surface area contributed by atoms with Gasteiger partial charge in [-0.25, -0.2) is 4.79 Å². The van der Waals surface area contributed by atoms with Crippen molar-refractivity contribution in [3.05, 3.63) is 42.0 Å². The molecule has 186 valence electrons. The molecule has 2 saturated heterocycles. The summed E-state index contributed by atoms with van der Waals surface area (Å²) in [5, 5.41) is 6.01. The number of anilines is 1. The van der Waals surface area contributed by atoms with Gasteiger partial charge in [0.25, 0.3) is 0 Å². The Labute approximate surface area is 204 Å². The van der Waals surface area contributed by atoms with Gasteiger partial charge in [-0.2, -0.15) is 0 Å². The van der Waals surface area contributed by atoms with Gasteiger partial charge in [0.05, 0.1) is 30.1 Å². The van der Waals surface area contributed by atoms with E-state index < -0.39 is 40.6 Å². The molecule has 0 radical (unpaired) electrons. The fourth-order valence-electron chi connectivity index (χ4n) is 5.64. The molecule has 35 heavy (non-hydrogen) atoms. The molecule has 3 aliphatic heterocycles. The van der Waals surface area contributed by atoms with Crippen LogP contribution in [0.3, 0.4) is 0 Å². The maximum Gasteiger partial charge on any atom is 0.337 e. The van der Waals surface area contributed by atoms with Crippen molar-refractivity contribution in [2.24, 2.45) is 11.8 Å². The number of fused-ring (bicyclic) bond motifs is 1. The number of nitrogens with one attached hydrogen (secondary N) is 2. The Kier molecular flexibility index (Phi) is 5.14. The van der Waals surface area contributed by atoms with Crippen LogP contribution in [0.5, 0.6) is 0 Å². The number of hydrogen-bond donors (Lipinski definition) is 2. The van der Waals surface area contributed by atoms with E-state index >= 15 is 0 Å². The van der Waals surface area contributed by atoms with Gasteiger partial charge in [-0.3, -0.25) is 19.3 Å². The standard InChI is InChI=1S/C26H31N3O6/c1-24(2,3)28-21(31)19-26-13-12-25(4,35-26)17(20(30)27-15-8-9-15)18(26)22(32)29(19)16-10-6-14(7-11-16)23(33)34-5/h6-7,10-13,15,17-19H,8-9H2,1-5H3,(H,27,30)(H,28,31)/t17-,18-,19-,25+,26-/m0/s1. The van der Waals surface area contributed by atoms with Crippen LogP contribution in [0.2, 0.25) is 0 Å². The van der Waals surface area contributed by atoms with Crippen molar-refractivity contribution >= 4 is 29.4 Å². The monoisotopic (exact) mass is 481 g/mol. The Hall–Kier alpha value is -3.20. The molecular weight excluding hydrogens is 450 g/mol. The maximum atomic E-state index is 14.0. The van der Waals surface area contributed by atoms with Crippen molar-refractivity contribution < 1.29 is 28.7 Å². The van der Waals surface area contributed by atoms with E-state index in [1.165, 1.54) is 12.0 Å². The third-order valence-electron chi connectivity index (χ3n) is 7.22.